The highest BCUT2D eigenvalue weighted by atomic mass is 32.2. The Balaban J connectivity index is 3.13. The number of amides is 1. The molecule has 3 N–H and O–H groups in total. The van der Waals surface area contributed by atoms with E-state index in [0.717, 1.165) is 6.26 Å². The molecule has 116 valence electrons. The van der Waals surface area contributed by atoms with E-state index >= 15 is 0 Å². The van der Waals surface area contributed by atoms with Gasteiger partial charge in [0, 0.05) is 11.8 Å². The molecule has 0 aromatic heterocycles. The minimum atomic E-state index is -3.36. The summed E-state index contributed by atoms with van der Waals surface area (Å²) in [5, 5.41) is 2.82. The second-order valence-corrected chi connectivity index (χ2v) is 7.36. The lowest BCUT2D eigenvalue weighted by atomic mass is 9.92. The highest BCUT2D eigenvalue weighted by Crippen LogP contribution is 2.18. The average molecular weight is 328 g/mol. The van der Waals surface area contributed by atoms with Gasteiger partial charge >= 0.3 is 0 Å². The van der Waals surface area contributed by atoms with Crippen LogP contribution in [0.2, 0.25) is 0 Å². The highest BCUT2D eigenvalue weighted by Gasteiger charge is 2.31. The van der Waals surface area contributed by atoms with Gasteiger partial charge in [-0.2, -0.15) is 0 Å². The van der Waals surface area contributed by atoms with E-state index in [0.29, 0.717) is 12.8 Å². The fourth-order valence-electron chi connectivity index (χ4n) is 1.99. The SMILES string of the molecule is CCC(CC)(NC(=O)c1cccc(S(C)(=O)=O)c1)C(N)=S. The molecule has 0 spiro atoms. The van der Waals surface area contributed by atoms with Gasteiger partial charge in [0.25, 0.3) is 5.91 Å². The first-order valence-corrected chi connectivity index (χ1v) is 8.88. The van der Waals surface area contributed by atoms with E-state index in [2.05, 4.69) is 5.32 Å². The van der Waals surface area contributed by atoms with Crippen molar-refractivity contribution in [1.82, 2.24) is 5.32 Å². The molecule has 7 heteroatoms. The highest BCUT2D eigenvalue weighted by molar-refractivity contribution is 7.90. The van der Waals surface area contributed by atoms with Crippen molar-refractivity contribution in [2.45, 2.75) is 37.1 Å². The maximum absolute atomic E-state index is 12.3. The van der Waals surface area contributed by atoms with E-state index in [9.17, 15) is 13.2 Å². The molecule has 0 bridgehead atoms. The van der Waals surface area contributed by atoms with E-state index in [1.54, 1.807) is 6.07 Å². The Hall–Kier alpha value is -1.47. The average Bonchev–Trinajstić information content (AvgIpc) is 2.43. The number of rotatable bonds is 6. The molecule has 0 heterocycles. The molecule has 0 saturated heterocycles. The predicted octanol–water partition coefficient (Wildman–Crippen LogP) is 1.66. The molecule has 1 aromatic rings. The Morgan fingerprint density at radius 3 is 2.33 bits per heavy atom. The Bertz CT molecular complexity index is 650. The molecule has 0 radical (unpaired) electrons. The zero-order chi connectivity index (χ0) is 16.3. The largest absolute Gasteiger partial charge is 0.391 e. The lowest BCUT2D eigenvalue weighted by Gasteiger charge is -2.31. The number of nitrogens with one attached hydrogen (secondary N) is 1. The number of nitrogens with two attached hydrogens (primary N) is 1. The van der Waals surface area contributed by atoms with Crippen LogP contribution >= 0.6 is 12.2 Å². The maximum atomic E-state index is 12.3. The Labute approximate surface area is 130 Å². The smallest absolute Gasteiger partial charge is 0.252 e. The van der Waals surface area contributed by atoms with Crippen LogP contribution in [-0.2, 0) is 9.84 Å². The van der Waals surface area contributed by atoms with Crippen LogP contribution in [0.5, 0.6) is 0 Å². The molecule has 0 aliphatic heterocycles. The summed E-state index contributed by atoms with van der Waals surface area (Å²) in [7, 11) is -3.36. The van der Waals surface area contributed by atoms with E-state index in [1.807, 2.05) is 13.8 Å². The number of carbonyl (C=O) groups is 1. The van der Waals surface area contributed by atoms with Gasteiger partial charge in [-0.15, -0.1) is 0 Å². The summed E-state index contributed by atoms with van der Waals surface area (Å²) in [6, 6.07) is 5.89. The number of sulfone groups is 1. The topological polar surface area (TPSA) is 89.3 Å². The van der Waals surface area contributed by atoms with Crippen LogP contribution < -0.4 is 11.1 Å². The van der Waals surface area contributed by atoms with Crippen LogP contribution in [0, 0.1) is 0 Å². The summed E-state index contributed by atoms with van der Waals surface area (Å²) in [5.41, 5.74) is 5.25. The fraction of sp³-hybridized carbons (Fsp3) is 0.429. The van der Waals surface area contributed by atoms with E-state index < -0.39 is 21.3 Å². The van der Waals surface area contributed by atoms with Crippen LogP contribution in [0.15, 0.2) is 29.2 Å². The van der Waals surface area contributed by atoms with Gasteiger partial charge in [0.2, 0.25) is 0 Å². The third kappa shape index (κ3) is 4.01. The van der Waals surface area contributed by atoms with Gasteiger partial charge in [-0.1, -0.05) is 32.1 Å². The maximum Gasteiger partial charge on any atom is 0.252 e. The molecule has 0 unspecified atom stereocenters. The number of thiocarbonyl (C=S) groups is 1. The summed E-state index contributed by atoms with van der Waals surface area (Å²) in [4.78, 5) is 12.7. The standard InChI is InChI=1S/C14H20N2O3S2/c1-4-14(5-2,13(15)20)16-12(17)10-7-6-8-11(9-10)21(3,18)19/h6-9H,4-5H2,1-3H3,(H2,15,20)(H,16,17). The summed E-state index contributed by atoms with van der Waals surface area (Å²) in [5.74, 6) is -0.392. The van der Waals surface area contributed by atoms with Crippen molar-refractivity contribution in [1.29, 1.82) is 0 Å². The van der Waals surface area contributed by atoms with Crippen molar-refractivity contribution in [2.75, 3.05) is 6.26 Å². The van der Waals surface area contributed by atoms with Crippen molar-refractivity contribution in [3.8, 4) is 0 Å². The van der Waals surface area contributed by atoms with Gasteiger partial charge in [0.1, 0.15) is 0 Å². The van der Waals surface area contributed by atoms with Gasteiger partial charge < -0.3 is 11.1 Å². The van der Waals surface area contributed by atoms with Gasteiger partial charge in [0.05, 0.1) is 15.4 Å². The molecule has 1 rings (SSSR count). The Morgan fingerprint density at radius 2 is 1.90 bits per heavy atom. The molecule has 0 atom stereocenters. The van der Waals surface area contributed by atoms with Crippen molar-refractivity contribution in [3.63, 3.8) is 0 Å². The van der Waals surface area contributed by atoms with Crippen molar-refractivity contribution in [3.05, 3.63) is 29.8 Å². The minimum Gasteiger partial charge on any atom is -0.391 e. The number of hydrogen-bond acceptors (Lipinski definition) is 4. The molecular formula is C14H20N2O3S2. The normalized spacial score (nSPS) is 12.0. The lowest BCUT2D eigenvalue weighted by Crippen LogP contribution is -2.55. The summed E-state index contributed by atoms with van der Waals surface area (Å²) in [6.45, 7) is 3.77. The first-order valence-electron chi connectivity index (χ1n) is 6.59. The molecule has 1 amide bonds. The summed E-state index contributed by atoms with van der Waals surface area (Å²) >= 11 is 5.05. The van der Waals surface area contributed by atoms with Crippen molar-refractivity contribution in [2.24, 2.45) is 5.73 Å². The van der Waals surface area contributed by atoms with E-state index in [1.165, 1.54) is 18.2 Å². The van der Waals surface area contributed by atoms with Gasteiger partial charge in [-0.3, -0.25) is 4.79 Å². The lowest BCUT2D eigenvalue weighted by molar-refractivity contribution is 0.0919. The molecule has 0 aliphatic carbocycles. The van der Waals surface area contributed by atoms with E-state index in [4.69, 9.17) is 18.0 Å². The third-order valence-electron chi connectivity index (χ3n) is 3.56. The van der Waals surface area contributed by atoms with Crippen molar-refractivity contribution < 1.29 is 13.2 Å². The molecule has 0 saturated carbocycles. The summed E-state index contributed by atoms with van der Waals surface area (Å²) < 4.78 is 23.1. The second kappa shape index (κ2) is 6.53. The van der Waals surface area contributed by atoms with Gasteiger partial charge in [-0.05, 0) is 31.0 Å². The quantitative estimate of drug-likeness (QED) is 0.775. The Kier molecular flexibility index (Phi) is 5.47. The minimum absolute atomic E-state index is 0.101. The van der Waals surface area contributed by atoms with Crippen LogP contribution in [0.1, 0.15) is 37.0 Å². The molecule has 0 fully saturated rings. The first-order chi connectivity index (χ1) is 9.66. The Morgan fingerprint density at radius 1 is 1.33 bits per heavy atom. The first kappa shape index (κ1) is 17.6. The molecule has 21 heavy (non-hydrogen) atoms. The second-order valence-electron chi connectivity index (χ2n) is 4.91. The number of carbonyl (C=O) groups excluding carboxylic acids is 1. The van der Waals surface area contributed by atoms with Crippen LogP contribution in [0.25, 0.3) is 0 Å². The van der Waals surface area contributed by atoms with Gasteiger partial charge in [-0.25, -0.2) is 8.42 Å². The van der Waals surface area contributed by atoms with Crippen LogP contribution in [-0.4, -0.2) is 31.1 Å². The van der Waals surface area contributed by atoms with Gasteiger partial charge in [0.15, 0.2) is 9.84 Å². The molecule has 5 nitrogen and oxygen atoms in total. The third-order valence-corrected chi connectivity index (χ3v) is 5.06. The van der Waals surface area contributed by atoms with Crippen LogP contribution in [0.4, 0.5) is 0 Å². The summed E-state index contributed by atoms with van der Waals surface area (Å²) in [6.07, 6.45) is 2.23. The zero-order valence-electron chi connectivity index (χ0n) is 12.3. The molecule has 0 aliphatic rings. The van der Waals surface area contributed by atoms with Crippen molar-refractivity contribution >= 4 is 33.0 Å². The monoisotopic (exact) mass is 328 g/mol. The number of benzene rings is 1. The van der Waals surface area contributed by atoms with E-state index in [-0.39, 0.29) is 15.4 Å². The fourth-order valence-corrected chi connectivity index (χ4v) is 3.00. The number of hydrogen-bond donors (Lipinski definition) is 2. The molecular weight excluding hydrogens is 308 g/mol. The zero-order valence-corrected chi connectivity index (χ0v) is 14.0. The predicted molar refractivity (Wildman–Crippen MR) is 87.1 cm³/mol. The molecule has 1 aromatic carbocycles. The van der Waals surface area contributed by atoms with Crippen LogP contribution in [0.3, 0.4) is 0 Å².